The number of aliphatic hydroxyl groups is 1. The Bertz CT molecular complexity index is 482. The van der Waals surface area contributed by atoms with Crippen molar-refractivity contribution >= 4 is 21.7 Å². The van der Waals surface area contributed by atoms with Crippen molar-refractivity contribution in [1.29, 1.82) is 0 Å². The highest BCUT2D eigenvalue weighted by Crippen LogP contribution is 2.28. The molecule has 1 saturated heterocycles. The van der Waals surface area contributed by atoms with Gasteiger partial charge in [-0.15, -0.1) is 0 Å². The van der Waals surface area contributed by atoms with Crippen molar-refractivity contribution in [3.63, 3.8) is 0 Å². The van der Waals surface area contributed by atoms with Gasteiger partial charge >= 0.3 is 0 Å². The molecule has 112 valence electrons. The van der Waals surface area contributed by atoms with Gasteiger partial charge < -0.3 is 10.0 Å². The Morgan fingerprint density at radius 3 is 2.60 bits per heavy atom. The Kier molecular flexibility index (Phi) is 4.40. The molecule has 1 N–H and O–H groups in total. The second kappa shape index (κ2) is 5.60. The van der Waals surface area contributed by atoms with E-state index < -0.39 is 5.60 Å². The van der Waals surface area contributed by atoms with Crippen LogP contribution in [0.1, 0.15) is 52.8 Å². The maximum atomic E-state index is 10.2. The number of aromatic nitrogens is 2. The summed E-state index contributed by atoms with van der Waals surface area (Å²) in [4.78, 5) is 11.5. The number of nitrogens with zero attached hydrogens (tertiary/aromatic N) is 3. The molecule has 0 aromatic carbocycles. The van der Waals surface area contributed by atoms with E-state index in [2.05, 4.69) is 46.6 Å². The minimum atomic E-state index is -0.550. The topological polar surface area (TPSA) is 49.2 Å². The highest BCUT2D eigenvalue weighted by atomic mass is 79.9. The molecule has 1 unspecified atom stereocenters. The van der Waals surface area contributed by atoms with Crippen molar-refractivity contribution in [1.82, 2.24) is 9.97 Å². The van der Waals surface area contributed by atoms with Gasteiger partial charge in [0.1, 0.15) is 16.2 Å². The zero-order valence-corrected chi connectivity index (χ0v) is 14.4. The smallest absolute Gasteiger partial charge is 0.137 e. The normalized spacial score (nSPS) is 24.6. The standard InChI is InChI=1S/C15H24BrN3O/c1-14(2,3)13-17-11(16)10-12(18-13)19-8-5-6-15(4,20)7-9-19/h10,20H,5-9H2,1-4H3. The lowest BCUT2D eigenvalue weighted by atomic mass is 9.96. The van der Waals surface area contributed by atoms with E-state index in [-0.39, 0.29) is 5.41 Å². The molecule has 1 fully saturated rings. The molecule has 2 heterocycles. The van der Waals surface area contributed by atoms with Gasteiger partial charge in [-0.3, -0.25) is 0 Å². The fourth-order valence-electron chi connectivity index (χ4n) is 2.40. The Hall–Kier alpha value is -0.680. The molecule has 2 rings (SSSR count). The van der Waals surface area contributed by atoms with Crippen LogP contribution in [0.5, 0.6) is 0 Å². The molecule has 1 aromatic rings. The first-order chi connectivity index (χ1) is 9.17. The third kappa shape index (κ3) is 3.92. The molecule has 5 heteroatoms. The third-order valence-electron chi connectivity index (χ3n) is 3.74. The van der Waals surface area contributed by atoms with Gasteiger partial charge in [-0.05, 0) is 42.1 Å². The summed E-state index contributed by atoms with van der Waals surface area (Å²) in [6, 6.07) is 1.97. The zero-order chi connectivity index (χ0) is 15.0. The predicted octanol–water partition coefficient (Wildman–Crippen LogP) is 3.28. The van der Waals surface area contributed by atoms with Crippen molar-refractivity contribution in [3.8, 4) is 0 Å². The van der Waals surface area contributed by atoms with Gasteiger partial charge in [-0.2, -0.15) is 0 Å². The van der Waals surface area contributed by atoms with Crippen LogP contribution in [-0.2, 0) is 5.41 Å². The van der Waals surface area contributed by atoms with Crippen LogP contribution < -0.4 is 4.90 Å². The highest BCUT2D eigenvalue weighted by Gasteiger charge is 2.26. The summed E-state index contributed by atoms with van der Waals surface area (Å²) in [5.74, 6) is 1.80. The van der Waals surface area contributed by atoms with Crippen LogP contribution >= 0.6 is 15.9 Å². The molecule has 20 heavy (non-hydrogen) atoms. The number of hydrogen-bond donors (Lipinski definition) is 1. The van der Waals surface area contributed by atoms with E-state index in [9.17, 15) is 5.11 Å². The van der Waals surface area contributed by atoms with Crippen molar-refractivity contribution in [2.75, 3.05) is 18.0 Å². The van der Waals surface area contributed by atoms with E-state index >= 15 is 0 Å². The molecule has 1 atom stereocenters. The lowest BCUT2D eigenvalue weighted by Crippen LogP contribution is -2.29. The Balaban J connectivity index is 2.26. The van der Waals surface area contributed by atoms with E-state index in [1.807, 2.05) is 13.0 Å². The fourth-order valence-corrected chi connectivity index (χ4v) is 2.77. The van der Waals surface area contributed by atoms with Crippen LogP contribution in [0.4, 0.5) is 5.82 Å². The van der Waals surface area contributed by atoms with Crippen molar-refractivity contribution in [2.24, 2.45) is 0 Å². The summed E-state index contributed by atoms with van der Waals surface area (Å²) in [5.41, 5.74) is -0.623. The molecule has 0 aliphatic carbocycles. The SMILES string of the molecule is CC1(O)CCCN(c2cc(Br)nc(C(C)(C)C)n2)CC1. The Morgan fingerprint density at radius 2 is 1.95 bits per heavy atom. The maximum absolute atomic E-state index is 10.2. The summed E-state index contributed by atoms with van der Waals surface area (Å²) in [6.45, 7) is 10.0. The lowest BCUT2D eigenvalue weighted by molar-refractivity contribution is 0.0481. The first-order valence-corrected chi connectivity index (χ1v) is 7.99. The minimum absolute atomic E-state index is 0.0735. The van der Waals surface area contributed by atoms with Crippen molar-refractivity contribution in [2.45, 2.75) is 58.0 Å². The molecular formula is C15H24BrN3O. The van der Waals surface area contributed by atoms with Crippen molar-refractivity contribution in [3.05, 3.63) is 16.5 Å². The van der Waals surface area contributed by atoms with E-state index in [4.69, 9.17) is 4.98 Å². The van der Waals surface area contributed by atoms with Gasteiger partial charge in [0.2, 0.25) is 0 Å². The minimum Gasteiger partial charge on any atom is -0.390 e. The quantitative estimate of drug-likeness (QED) is 0.796. The largest absolute Gasteiger partial charge is 0.390 e. The van der Waals surface area contributed by atoms with Crippen LogP contribution in [0.2, 0.25) is 0 Å². The first kappa shape index (κ1) is 15.7. The summed E-state index contributed by atoms with van der Waals surface area (Å²) >= 11 is 3.49. The molecule has 1 aromatic heterocycles. The summed E-state index contributed by atoms with van der Waals surface area (Å²) in [6.07, 6.45) is 2.61. The van der Waals surface area contributed by atoms with Gasteiger partial charge in [0.25, 0.3) is 0 Å². The van der Waals surface area contributed by atoms with Gasteiger partial charge in [0.05, 0.1) is 5.60 Å². The summed E-state index contributed by atoms with van der Waals surface area (Å²) < 4.78 is 0.823. The molecule has 0 spiro atoms. The second-order valence-electron chi connectivity index (χ2n) is 6.96. The molecule has 1 aliphatic rings. The van der Waals surface area contributed by atoms with Gasteiger partial charge in [0, 0.05) is 24.6 Å². The van der Waals surface area contributed by atoms with E-state index in [1.54, 1.807) is 0 Å². The van der Waals surface area contributed by atoms with E-state index in [0.29, 0.717) is 0 Å². The monoisotopic (exact) mass is 341 g/mol. The van der Waals surface area contributed by atoms with Crippen LogP contribution in [0, 0.1) is 0 Å². The molecule has 0 radical (unpaired) electrons. The number of hydrogen-bond acceptors (Lipinski definition) is 4. The molecule has 0 amide bonds. The van der Waals surface area contributed by atoms with Gasteiger partial charge in [0.15, 0.2) is 0 Å². The maximum Gasteiger partial charge on any atom is 0.137 e. The van der Waals surface area contributed by atoms with Crippen LogP contribution in [0.3, 0.4) is 0 Å². The molecule has 1 aliphatic heterocycles. The van der Waals surface area contributed by atoms with Crippen LogP contribution in [0.25, 0.3) is 0 Å². The van der Waals surface area contributed by atoms with Crippen LogP contribution in [0.15, 0.2) is 10.7 Å². The molecule has 0 bridgehead atoms. The summed E-state index contributed by atoms with van der Waals surface area (Å²) in [7, 11) is 0. The predicted molar refractivity (Wildman–Crippen MR) is 85.1 cm³/mol. The van der Waals surface area contributed by atoms with E-state index in [1.165, 1.54) is 0 Å². The van der Waals surface area contributed by atoms with Gasteiger partial charge in [-0.25, -0.2) is 9.97 Å². The van der Waals surface area contributed by atoms with E-state index in [0.717, 1.165) is 48.6 Å². The number of anilines is 1. The average molecular weight is 342 g/mol. The fraction of sp³-hybridized carbons (Fsp3) is 0.733. The molecule has 4 nitrogen and oxygen atoms in total. The lowest BCUT2D eigenvalue weighted by Gasteiger charge is -2.25. The molecule has 0 saturated carbocycles. The highest BCUT2D eigenvalue weighted by molar-refractivity contribution is 9.10. The Labute approximate surface area is 129 Å². The summed E-state index contributed by atoms with van der Waals surface area (Å²) in [5, 5.41) is 10.2. The second-order valence-corrected chi connectivity index (χ2v) is 7.77. The zero-order valence-electron chi connectivity index (χ0n) is 12.8. The Morgan fingerprint density at radius 1 is 1.25 bits per heavy atom. The van der Waals surface area contributed by atoms with Crippen LogP contribution in [-0.4, -0.2) is 33.8 Å². The number of rotatable bonds is 1. The van der Waals surface area contributed by atoms with Crippen molar-refractivity contribution < 1.29 is 5.11 Å². The number of halogens is 1. The molecular weight excluding hydrogens is 318 g/mol. The van der Waals surface area contributed by atoms with Gasteiger partial charge in [-0.1, -0.05) is 20.8 Å². The first-order valence-electron chi connectivity index (χ1n) is 7.20. The average Bonchev–Trinajstić information content (AvgIpc) is 2.48. The third-order valence-corrected chi connectivity index (χ3v) is 4.15.